The zero-order valence-electron chi connectivity index (χ0n) is 13.3. The van der Waals surface area contributed by atoms with Crippen LogP contribution >= 0.6 is 0 Å². The highest BCUT2D eigenvalue weighted by Crippen LogP contribution is 2.20. The standard InChI is InChI=1S/C17H23N3O2/c1-17(2,3)9-14(12-21)19-16(22)13-10-18-20(11-13)15-7-5-4-6-8-15/h4-8,10-11,14,21H,9,12H2,1-3H3,(H,19,22). The molecular weight excluding hydrogens is 278 g/mol. The number of aliphatic hydroxyl groups excluding tert-OH is 1. The molecule has 1 atom stereocenters. The Morgan fingerprint density at radius 1 is 1.32 bits per heavy atom. The minimum absolute atomic E-state index is 0.0366. The van der Waals surface area contributed by atoms with E-state index in [2.05, 4.69) is 31.2 Å². The summed E-state index contributed by atoms with van der Waals surface area (Å²) in [6, 6.07) is 9.35. The first-order chi connectivity index (χ1) is 10.4. The molecule has 0 aliphatic carbocycles. The van der Waals surface area contributed by atoms with Gasteiger partial charge in [-0.25, -0.2) is 4.68 Å². The first-order valence-corrected chi connectivity index (χ1v) is 7.41. The highest BCUT2D eigenvalue weighted by Gasteiger charge is 2.21. The van der Waals surface area contributed by atoms with Crippen LogP contribution in [0.3, 0.4) is 0 Å². The Bertz CT molecular complexity index is 614. The molecule has 5 heteroatoms. The number of nitrogens with zero attached hydrogens (tertiary/aromatic N) is 2. The molecule has 1 heterocycles. The van der Waals surface area contributed by atoms with Gasteiger partial charge in [-0.15, -0.1) is 0 Å². The summed E-state index contributed by atoms with van der Waals surface area (Å²) in [4.78, 5) is 12.3. The van der Waals surface area contributed by atoms with E-state index in [9.17, 15) is 9.90 Å². The van der Waals surface area contributed by atoms with Crippen molar-refractivity contribution in [3.05, 3.63) is 48.3 Å². The van der Waals surface area contributed by atoms with Crippen molar-refractivity contribution in [3.8, 4) is 5.69 Å². The molecule has 0 saturated carbocycles. The quantitative estimate of drug-likeness (QED) is 0.891. The molecule has 1 aromatic carbocycles. The lowest BCUT2D eigenvalue weighted by molar-refractivity contribution is 0.0897. The van der Waals surface area contributed by atoms with Crippen LogP contribution in [0.2, 0.25) is 0 Å². The van der Waals surface area contributed by atoms with Crippen LogP contribution in [0.4, 0.5) is 0 Å². The van der Waals surface area contributed by atoms with Crippen molar-refractivity contribution in [2.24, 2.45) is 5.41 Å². The topological polar surface area (TPSA) is 67.2 Å². The van der Waals surface area contributed by atoms with Crippen molar-refractivity contribution in [2.45, 2.75) is 33.2 Å². The number of aliphatic hydroxyl groups is 1. The third kappa shape index (κ3) is 4.43. The number of rotatable bonds is 5. The summed E-state index contributed by atoms with van der Waals surface area (Å²) in [6.45, 7) is 6.16. The van der Waals surface area contributed by atoms with Crippen LogP contribution in [0, 0.1) is 5.41 Å². The highest BCUT2D eigenvalue weighted by atomic mass is 16.3. The maximum absolute atomic E-state index is 12.3. The van der Waals surface area contributed by atoms with Gasteiger partial charge in [0, 0.05) is 6.20 Å². The smallest absolute Gasteiger partial charge is 0.254 e. The third-order valence-corrected chi connectivity index (χ3v) is 3.28. The van der Waals surface area contributed by atoms with Gasteiger partial charge < -0.3 is 10.4 Å². The summed E-state index contributed by atoms with van der Waals surface area (Å²) in [5.74, 6) is -0.217. The van der Waals surface area contributed by atoms with Crippen LogP contribution in [-0.4, -0.2) is 33.4 Å². The maximum Gasteiger partial charge on any atom is 0.254 e. The normalized spacial score (nSPS) is 12.9. The fraction of sp³-hybridized carbons (Fsp3) is 0.412. The van der Waals surface area contributed by atoms with E-state index in [1.165, 1.54) is 6.20 Å². The van der Waals surface area contributed by atoms with Crippen molar-refractivity contribution in [3.63, 3.8) is 0 Å². The van der Waals surface area contributed by atoms with Gasteiger partial charge in [0.1, 0.15) is 0 Å². The molecule has 0 radical (unpaired) electrons. The number of benzene rings is 1. The SMILES string of the molecule is CC(C)(C)CC(CO)NC(=O)c1cnn(-c2ccccc2)c1. The van der Waals surface area contributed by atoms with E-state index in [0.29, 0.717) is 12.0 Å². The highest BCUT2D eigenvalue weighted by molar-refractivity contribution is 5.94. The van der Waals surface area contributed by atoms with E-state index in [0.717, 1.165) is 5.69 Å². The molecule has 1 aromatic heterocycles. The molecule has 22 heavy (non-hydrogen) atoms. The predicted octanol–water partition coefficient (Wildman–Crippen LogP) is 2.40. The summed E-state index contributed by atoms with van der Waals surface area (Å²) >= 11 is 0. The van der Waals surface area contributed by atoms with Crippen molar-refractivity contribution < 1.29 is 9.90 Å². The molecule has 0 fully saturated rings. The third-order valence-electron chi connectivity index (χ3n) is 3.28. The first-order valence-electron chi connectivity index (χ1n) is 7.41. The molecular formula is C17H23N3O2. The Morgan fingerprint density at radius 2 is 2.00 bits per heavy atom. The van der Waals surface area contributed by atoms with E-state index >= 15 is 0 Å². The van der Waals surface area contributed by atoms with Crippen LogP contribution in [0.25, 0.3) is 5.69 Å². The minimum atomic E-state index is -0.257. The van der Waals surface area contributed by atoms with Gasteiger partial charge in [0.05, 0.1) is 30.1 Å². The number of hydrogen-bond acceptors (Lipinski definition) is 3. The van der Waals surface area contributed by atoms with E-state index < -0.39 is 0 Å². The van der Waals surface area contributed by atoms with Gasteiger partial charge in [-0.05, 0) is 24.0 Å². The number of carbonyl (C=O) groups excluding carboxylic acids is 1. The summed E-state index contributed by atoms with van der Waals surface area (Å²) in [6.07, 6.45) is 3.94. The maximum atomic E-state index is 12.3. The molecule has 2 N–H and O–H groups in total. The Hall–Kier alpha value is -2.14. The molecule has 0 aliphatic rings. The summed E-state index contributed by atoms with van der Waals surface area (Å²) in [7, 11) is 0. The van der Waals surface area contributed by atoms with Crippen LogP contribution in [0.15, 0.2) is 42.7 Å². The van der Waals surface area contributed by atoms with Gasteiger partial charge >= 0.3 is 0 Å². The largest absolute Gasteiger partial charge is 0.394 e. The second kappa shape index (κ2) is 6.75. The molecule has 2 aromatic rings. The fourth-order valence-corrected chi connectivity index (χ4v) is 2.33. The molecule has 2 rings (SSSR count). The molecule has 0 bridgehead atoms. The summed E-state index contributed by atoms with van der Waals surface area (Å²) in [5, 5.41) is 16.5. The number of nitrogens with one attached hydrogen (secondary N) is 1. The van der Waals surface area contributed by atoms with Crippen LogP contribution in [0.1, 0.15) is 37.6 Å². The van der Waals surface area contributed by atoms with E-state index in [1.54, 1.807) is 10.9 Å². The van der Waals surface area contributed by atoms with Crippen molar-refractivity contribution in [2.75, 3.05) is 6.61 Å². The van der Waals surface area contributed by atoms with Gasteiger partial charge in [0.2, 0.25) is 0 Å². The fourth-order valence-electron chi connectivity index (χ4n) is 2.33. The van der Waals surface area contributed by atoms with Crippen molar-refractivity contribution in [1.29, 1.82) is 0 Å². The zero-order chi connectivity index (χ0) is 16.2. The summed E-state index contributed by atoms with van der Waals surface area (Å²) < 4.78 is 1.66. The predicted molar refractivity (Wildman–Crippen MR) is 86.0 cm³/mol. The lowest BCUT2D eigenvalue weighted by atomic mass is 9.88. The Morgan fingerprint density at radius 3 is 2.59 bits per heavy atom. The lowest BCUT2D eigenvalue weighted by Crippen LogP contribution is -2.39. The molecule has 1 amide bonds. The minimum Gasteiger partial charge on any atom is -0.394 e. The zero-order valence-corrected chi connectivity index (χ0v) is 13.3. The average molecular weight is 301 g/mol. The molecule has 0 spiro atoms. The van der Waals surface area contributed by atoms with Gasteiger partial charge in [-0.2, -0.15) is 5.10 Å². The van der Waals surface area contributed by atoms with Crippen LogP contribution in [0.5, 0.6) is 0 Å². The lowest BCUT2D eigenvalue weighted by Gasteiger charge is -2.25. The Kier molecular flexibility index (Phi) is 4.98. The molecule has 0 aliphatic heterocycles. The first kappa shape index (κ1) is 16.2. The molecule has 5 nitrogen and oxygen atoms in total. The van der Waals surface area contributed by atoms with Gasteiger partial charge in [0.25, 0.3) is 5.91 Å². The van der Waals surface area contributed by atoms with Crippen LogP contribution in [-0.2, 0) is 0 Å². The van der Waals surface area contributed by atoms with E-state index in [1.807, 2.05) is 30.3 Å². The molecule has 1 unspecified atom stereocenters. The van der Waals surface area contributed by atoms with Gasteiger partial charge in [0.15, 0.2) is 0 Å². The van der Waals surface area contributed by atoms with Crippen molar-refractivity contribution in [1.82, 2.24) is 15.1 Å². The number of para-hydroxylation sites is 1. The molecule has 0 saturated heterocycles. The van der Waals surface area contributed by atoms with Crippen LogP contribution < -0.4 is 5.32 Å². The molecule has 118 valence electrons. The number of aromatic nitrogens is 2. The average Bonchev–Trinajstić information content (AvgIpc) is 2.96. The second-order valence-corrected chi connectivity index (χ2v) is 6.63. The number of amides is 1. The van der Waals surface area contributed by atoms with Gasteiger partial charge in [-0.1, -0.05) is 39.0 Å². The second-order valence-electron chi connectivity index (χ2n) is 6.63. The summed E-state index contributed by atoms with van der Waals surface area (Å²) in [5.41, 5.74) is 1.42. The van der Waals surface area contributed by atoms with Crippen molar-refractivity contribution >= 4 is 5.91 Å². The Balaban J connectivity index is 2.06. The Labute approximate surface area is 131 Å². The van der Waals surface area contributed by atoms with Gasteiger partial charge in [-0.3, -0.25) is 4.79 Å². The van der Waals surface area contributed by atoms with E-state index in [4.69, 9.17) is 0 Å². The number of hydrogen-bond donors (Lipinski definition) is 2. The van der Waals surface area contributed by atoms with E-state index in [-0.39, 0.29) is 24.0 Å². The monoisotopic (exact) mass is 301 g/mol. The number of carbonyl (C=O) groups is 1.